The number of ether oxygens (including phenoxy) is 3. The van der Waals surface area contributed by atoms with Crippen molar-refractivity contribution < 1.29 is 19.0 Å². The van der Waals surface area contributed by atoms with Crippen molar-refractivity contribution in [2.75, 3.05) is 60.7 Å². The Hall–Kier alpha value is -0.690. The molecule has 0 heterocycles. The van der Waals surface area contributed by atoms with Crippen molar-refractivity contribution in [1.82, 2.24) is 10.2 Å². The molecule has 0 fully saturated rings. The van der Waals surface area contributed by atoms with Gasteiger partial charge in [-0.1, -0.05) is 6.92 Å². The molecule has 0 saturated carbocycles. The first-order chi connectivity index (χ1) is 9.19. The number of hydrogen-bond donors (Lipinski definition) is 1. The molecule has 0 aliphatic rings. The number of methoxy groups -OCH3 is 3. The smallest absolute Gasteiger partial charge is 0.322 e. The summed E-state index contributed by atoms with van der Waals surface area (Å²) in [5.74, 6) is -0.208. The van der Waals surface area contributed by atoms with Crippen molar-refractivity contribution in [2.45, 2.75) is 19.4 Å². The first-order valence-electron chi connectivity index (χ1n) is 6.71. The Morgan fingerprint density at radius 2 is 1.68 bits per heavy atom. The first kappa shape index (κ1) is 18.3. The zero-order chi connectivity index (χ0) is 14.5. The van der Waals surface area contributed by atoms with Crippen LogP contribution < -0.4 is 5.32 Å². The maximum atomic E-state index is 11.6. The molecule has 0 aromatic carbocycles. The summed E-state index contributed by atoms with van der Waals surface area (Å²) >= 11 is 0. The van der Waals surface area contributed by atoms with Crippen LogP contribution in [0.4, 0.5) is 0 Å². The molecule has 0 aromatic heterocycles. The van der Waals surface area contributed by atoms with Gasteiger partial charge in [0.25, 0.3) is 0 Å². The SMILES string of the molecule is CCNC(CCN(CCOC)CCOC)C(=O)OC. The molecule has 1 N–H and O–H groups in total. The molecule has 0 spiro atoms. The van der Waals surface area contributed by atoms with Crippen LogP contribution in [0.25, 0.3) is 0 Å². The minimum Gasteiger partial charge on any atom is -0.468 e. The van der Waals surface area contributed by atoms with Crippen LogP contribution in [-0.4, -0.2) is 77.6 Å². The zero-order valence-electron chi connectivity index (χ0n) is 12.6. The minimum absolute atomic E-state index is 0.208. The van der Waals surface area contributed by atoms with Gasteiger partial charge in [0.15, 0.2) is 0 Å². The molecule has 1 atom stereocenters. The van der Waals surface area contributed by atoms with Gasteiger partial charge in [-0.05, 0) is 13.0 Å². The Labute approximate surface area is 116 Å². The summed E-state index contributed by atoms with van der Waals surface area (Å²) in [5.41, 5.74) is 0. The van der Waals surface area contributed by atoms with E-state index in [1.165, 1.54) is 7.11 Å². The van der Waals surface area contributed by atoms with Crippen LogP contribution in [0.2, 0.25) is 0 Å². The lowest BCUT2D eigenvalue weighted by atomic mass is 10.2. The van der Waals surface area contributed by atoms with Gasteiger partial charge in [-0.15, -0.1) is 0 Å². The summed E-state index contributed by atoms with van der Waals surface area (Å²) in [6, 6.07) is -0.248. The third kappa shape index (κ3) is 8.93. The fourth-order valence-electron chi connectivity index (χ4n) is 1.78. The predicted molar refractivity (Wildman–Crippen MR) is 74.3 cm³/mol. The van der Waals surface area contributed by atoms with Gasteiger partial charge in [-0.2, -0.15) is 0 Å². The van der Waals surface area contributed by atoms with Gasteiger partial charge in [-0.3, -0.25) is 9.69 Å². The lowest BCUT2D eigenvalue weighted by molar-refractivity contribution is -0.143. The highest BCUT2D eigenvalue weighted by atomic mass is 16.5. The Bertz CT molecular complexity index is 219. The first-order valence-corrected chi connectivity index (χ1v) is 6.71. The van der Waals surface area contributed by atoms with Crippen LogP contribution in [0.5, 0.6) is 0 Å². The molecule has 0 radical (unpaired) electrons. The summed E-state index contributed by atoms with van der Waals surface area (Å²) in [6.07, 6.45) is 0.716. The van der Waals surface area contributed by atoms with Crippen LogP contribution in [0, 0.1) is 0 Å². The van der Waals surface area contributed by atoms with Gasteiger partial charge in [-0.25, -0.2) is 0 Å². The fraction of sp³-hybridized carbons (Fsp3) is 0.923. The van der Waals surface area contributed by atoms with E-state index in [-0.39, 0.29) is 12.0 Å². The molecule has 1 unspecified atom stereocenters. The van der Waals surface area contributed by atoms with Crippen molar-refractivity contribution >= 4 is 5.97 Å². The zero-order valence-corrected chi connectivity index (χ0v) is 12.6. The molecule has 0 aliphatic carbocycles. The van der Waals surface area contributed by atoms with Crippen LogP contribution in [0.15, 0.2) is 0 Å². The molecular formula is C13H28N2O4. The highest BCUT2D eigenvalue weighted by Crippen LogP contribution is 1.99. The van der Waals surface area contributed by atoms with Gasteiger partial charge >= 0.3 is 5.97 Å². The average molecular weight is 276 g/mol. The van der Waals surface area contributed by atoms with Gasteiger partial charge in [0.1, 0.15) is 6.04 Å². The number of likely N-dealkylation sites (N-methyl/N-ethyl adjacent to an activating group) is 1. The van der Waals surface area contributed by atoms with Gasteiger partial charge in [0.2, 0.25) is 0 Å². The molecule has 0 bridgehead atoms. The molecule has 0 rings (SSSR count). The van der Waals surface area contributed by atoms with Crippen molar-refractivity contribution in [3.05, 3.63) is 0 Å². The van der Waals surface area contributed by atoms with Gasteiger partial charge in [0.05, 0.1) is 20.3 Å². The van der Waals surface area contributed by atoms with Gasteiger partial charge < -0.3 is 19.5 Å². The molecule has 6 heteroatoms. The standard InChI is InChI=1S/C13H28N2O4/c1-5-14-12(13(16)19-4)6-7-15(8-10-17-2)9-11-18-3/h12,14H,5-11H2,1-4H3. The van der Waals surface area contributed by atoms with E-state index in [9.17, 15) is 4.79 Å². The predicted octanol–water partition coefficient (Wildman–Crippen LogP) is 0.122. The molecule has 0 amide bonds. The number of nitrogens with one attached hydrogen (secondary N) is 1. The Morgan fingerprint density at radius 3 is 2.11 bits per heavy atom. The highest BCUT2D eigenvalue weighted by molar-refractivity contribution is 5.75. The molecule has 0 saturated heterocycles. The number of nitrogens with zero attached hydrogens (tertiary/aromatic N) is 1. The Morgan fingerprint density at radius 1 is 1.11 bits per heavy atom. The summed E-state index contributed by atoms with van der Waals surface area (Å²) in [4.78, 5) is 13.8. The molecule has 6 nitrogen and oxygen atoms in total. The molecule has 19 heavy (non-hydrogen) atoms. The quantitative estimate of drug-likeness (QED) is 0.511. The topological polar surface area (TPSA) is 60.0 Å². The second-order valence-corrected chi connectivity index (χ2v) is 4.25. The Kier molecular flexibility index (Phi) is 11.9. The second-order valence-electron chi connectivity index (χ2n) is 4.25. The number of carbonyl (C=O) groups excluding carboxylic acids is 1. The van der Waals surface area contributed by atoms with Crippen LogP contribution in [-0.2, 0) is 19.0 Å². The van der Waals surface area contributed by atoms with E-state index in [0.29, 0.717) is 19.6 Å². The molecule has 0 aromatic rings. The van der Waals surface area contributed by atoms with E-state index in [0.717, 1.165) is 26.2 Å². The normalized spacial score (nSPS) is 12.7. The minimum atomic E-state index is -0.248. The molecule has 114 valence electrons. The average Bonchev–Trinajstić information content (AvgIpc) is 2.44. The maximum absolute atomic E-state index is 11.6. The van der Waals surface area contributed by atoms with E-state index in [1.54, 1.807) is 14.2 Å². The van der Waals surface area contributed by atoms with Crippen LogP contribution in [0.3, 0.4) is 0 Å². The van der Waals surface area contributed by atoms with Gasteiger partial charge in [0, 0.05) is 33.9 Å². The monoisotopic (exact) mass is 276 g/mol. The van der Waals surface area contributed by atoms with Crippen molar-refractivity contribution in [3.8, 4) is 0 Å². The van der Waals surface area contributed by atoms with Crippen LogP contribution in [0.1, 0.15) is 13.3 Å². The summed E-state index contributed by atoms with van der Waals surface area (Å²) in [5, 5.41) is 3.14. The van der Waals surface area contributed by atoms with E-state index in [2.05, 4.69) is 10.2 Å². The van der Waals surface area contributed by atoms with Crippen LogP contribution >= 0.6 is 0 Å². The third-order valence-electron chi connectivity index (χ3n) is 2.89. The molecular weight excluding hydrogens is 248 g/mol. The van der Waals surface area contributed by atoms with E-state index >= 15 is 0 Å². The second kappa shape index (κ2) is 12.3. The Balaban J connectivity index is 4.18. The fourth-order valence-corrected chi connectivity index (χ4v) is 1.78. The third-order valence-corrected chi connectivity index (χ3v) is 2.89. The lowest BCUT2D eigenvalue weighted by Crippen LogP contribution is -2.41. The summed E-state index contributed by atoms with van der Waals surface area (Å²) in [6.45, 7) is 6.54. The van der Waals surface area contributed by atoms with E-state index in [4.69, 9.17) is 14.2 Å². The number of hydrogen-bond acceptors (Lipinski definition) is 6. The molecule has 0 aliphatic heterocycles. The summed E-state index contributed by atoms with van der Waals surface area (Å²) in [7, 11) is 4.79. The summed E-state index contributed by atoms with van der Waals surface area (Å²) < 4.78 is 15.0. The number of esters is 1. The highest BCUT2D eigenvalue weighted by Gasteiger charge is 2.18. The van der Waals surface area contributed by atoms with E-state index in [1.807, 2.05) is 6.92 Å². The number of carbonyl (C=O) groups is 1. The van der Waals surface area contributed by atoms with Crippen molar-refractivity contribution in [2.24, 2.45) is 0 Å². The lowest BCUT2D eigenvalue weighted by Gasteiger charge is -2.24. The number of rotatable bonds is 12. The van der Waals surface area contributed by atoms with E-state index < -0.39 is 0 Å². The maximum Gasteiger partial charge on any atom is 0.322 e. The largest absolute Gasteiger partial charge is 0.468 e. The van der Waals surface area contributed by atoms with Crippen molar-refractivity contribution in [1.29, 1.82) is 0 Å². The van der Waals surface area contributed by atoms with Crippen molar-refractivity contribution in [3.63, 3.8) is 0 Å².